The predicted molar refractivity (Wildman–Crippen MR) is 70.4 cm³/mol. The van der Waals surface area contributed by atoms with Crippen LogP contribution in [0.2, 0.25) is 0 Å². The van der Waals surface area contributed by atoms with Gasteiger partial charge in [-0.3, -0.25) is 9.48 Å². The number of nitrogens with one attached hydrogen (secondary N) is 1. The van der Waals surface area contributed by atoms with Gasteiger partial charge in [0, 0.05) is 32.4 Å². The number of aromatic nitrogens is 2. The first-order valence-electron chi connectivity index (χ1n) is 6.71. The molecule has 0 atom stereocenters. The zero-order valence-electron chi connectivity index (χ0n) is 11.2. The minimum absolute atomic E-state index is 0.00274. The molecule has 1 aromatic rings. The Labute approximate surface area is 108 Å². The molecule has 2 rings (SSSR count). The minimum atomic E-state index is -0.00274. The van der Waals surface area contributed by atoms with E-state index in [1.165, 1.54) is 13.0 Å². The number of rotatable bonds is 4. The van der Waals surface area contributed by atoms with Gasteiger partial charge in [0.25, 0.3) is 5.91 Å². The average molecular weight is 250 g/mol. The molecular weight excluding hydrogens is 228 g/mol. The first kappa shape index (κ1) is 13.1. The van der Waals surface area contributed by atoms with Crippen LogP contribution in [-0.2, 0) is 7.05 Å². The van der Waals surface area contributed by atoms with Crippen LogP contribution in [0.15, 0.2) is 12.4 Å². The molecule has 2 heterocycles. The van der Waals surface area contributed by atoms with E-state index in [1.807, 2.05) is 7.05 Å². The second kappa shape index (κ2) is 6.00. The highest BCUT2D eigenvalue weighted by atomic mass is 16.1. The number of hydrogen-bond acceptors (Lipinski definition) is 3. The Kier molecular flexibility index (Phi) is 4.36. The lowest BCUT2D eigenvalue weighted by Crippen LogP contribution is -2.44. The van der Waals surface area contributed by atoms with Gasteiger partial charge in [-0.15, -0.1) is 0 Å². The molecule has 0 saturated carbocycles. The molecule has 5 nitrogen and oxygen atoms in total. The molecule has 0 aliphatic carbocycles. The quantitative estimate of drug-likeness (QED) is 0.868. The molecule has 0 unspecified atom stereocenters. The van der Waals surface area contributed by atoms with Crippen molar-refractivity contribution in [2.75, 3.05) is 19.6 Å². The molecule has 1 aromatic heterocycles. The maximum Gasteiger partial charge on any atom is 0.254 e. The van der Waals surface area contributed by atoms with E-state index >= 15 is 0 Å². The fourth-order valence-corrected chi connectivity index (χ4v) is 2.42. The summed E-state index contributed by atoms with van der Waals surface area (Å²) < 4.78 is 1.65. The first-order valence-corrected chi connectivity index (χ1v) is 6.71. The number of likely N-dealkylation sites (tertiary alicyclic amines) is 1. The molecule has 0 aromatic carbocycles. The number of aryl methyl sites for hydroxylation is 1. The number of amides is 1. The van der Waals surface area contributed by atoms with E-state index in [2.05, 4.69) is 22.2 Å². The molecule has 1 aliphatic heterocycles. The van der Waals surface area contributed by atoms with Crippen molar-refractivity contribution < 1.29 is 4.79 Å². The Morgan fingerprint density at radius 2 is 2.22 bits per heavy atom. The Bertz CT molecular complexity index is 393. The zero-order chi connectivity index (χ0) is 13.0. The lowest BCUT2D eigenvalue weighted by Gasteiger charge is -2.31. The van der Waals surface area contributed by atoms with Crippen LogP contribution in [0.4, 0.5) is 0 Å². The SMILES string of the molecule is CCCN1CCC(NC(=O)c2cnn(C)c2)CC1. The third kappa shape index (κ3) is 3.32. The lowest BCUT2D eigenvalue weighted by molar-refractivity contribution is 0.0911. The topological polar surface area (TPSA) is 50.2 Å². The summed E-state index contributed by atoms with van der Waals surface area (Å²) >= 11 is 0. The molecule has 1 saturated heterocycles. The van der Waals surface area contributed by atoms with Crippen molar-refractivity contribution >= 4 is 5.91 Å². The Morgan fingerprint density at radius 3 is 2.78 bits per heavy atom. The van der Waals surface area contributed by atoms with Gasteiger partial charge in [0.2, 0.25) is 0 Å². The average Bonchev–Trinajstić information content (AvgIpc) is 2.79. The Hall–Kier alpha value is -1.36. The van der Waals surface area contributed by atoms with E-state index in [0.717, 1.165) is 25.9 Å². The Balaban J connectivity index is 1.79. The van der Waals surface area contributed by atoms with Gasteiger partial charge in [-0.1, -0.05) is 6.92 Å². The standard InChI is InChI=1S/C13H22N4O/c1-3-6-17-7-4-12(5-8-17)15-13(18)11-9-14-16(2)10-11/h9-10,12H,3-8H2,1-2H3,(H,15,18). The van der Waals surface area contributed by atoms with Gasteiger partial charge in [-0.25, -0.2) is 0 Å². The molecule has 18 heavy (non-hydrogen) atoms. The number of carbonyl (C=O) groups excluding carboxylic acids is 1. The minimum Gasteiger partial charge on any atom is -0.349 e. The fraction of sp³-hybridized carbons (Fsp3) is 0.692. The Morgan fingerprint density at radius 1 is 1.50 bits per heavy atom. The molecule has 0 spiro atoms. The molecule has 5 heteroatoms. The molecule has 1 aliphatic rings. The molecule has 1 fully saturated rings. The van der Waals surface area contributed by atoms with Crippen LogP contribution >= 0.6 is 0 Å². The van der Waals surface area contributed by atoms with Crippen LogP contribution < -0.4 is 5.32 Å². The van der Waals surface area contributed by atoms with Crippen molar-refractivity contribution in [3.63, 3.8) is 0 Å². The van der Waals surface area contributed by atoms with Crippen LogP contribution in [0.25, 0.3) is 0 Å². The summed E-state index contributed by atoms with van der Waals surface area (Å²) in [5, 5.41) is 7.11. The smallest absolute Gasteiger partial charge is 0.254 e. The number of hydrogen-bond donors (Lipinski definition) is 1. The molecule has 1 amide bonds. The van der Waals surface area contributed by atoms with Crippen molar-refractivity contribution in [1.82, 2.24) is 20.0 Å². The first-order chi connectivity index (χ1) is 8.69. The third-order valence-corrected chi connectivity index (χ3v) is 3.43. The van der Waals surface area contributed by atoms with Crippen molar-refractivity contribution in [3.8, 4) is 0 Å². The summed E-state index contributed by atoms with van der Waals surface area (Å²) in [5.74, 6) is -0.00274. The zero-order valence-corrected chi connectivity index (χ0v) is 11.2. The van der Waals surface area contributed by atoms with Gasteiger partial charge in [0.1, 0.15) is 0 Å². The number of piperidine rings is 1. The molecule has 100 valence electrons. The maximum atomic E-state index is 12.0. The van der Waals surface area contributed by atoms with Crippen LogP contribution in [-0.4, -0.2) is 46.3 Å². The third-order valence-electron chi connectivity index (χ3n) is 3.43. The molecule has 0 radical (unpaired) electrons. The normalized spacial score (nSPS) is 17.9. The van der Waals surface area contributed by atoms with E-state index in [0.29, 0.717) is 11.6 Å². The van der Waals surface area contributed by atoms with Gasteiger partial charge in [-0.05, 0) is 25.8 Å². The summed E-state index contributed by atoms with van der Waals surface area (Å²) in [4.78, 5) is 14.4. The summed E-state index contributed by atoms with van der Waals surface area (Å²) in [7, 11) is 1.82. The van der Waals surface area contributed by atoms with Crippen molar-refractivity contribution in [2.24, 2.45) is 7.05 Å². The van der Waals surface area contributed by atoms with Gasteiger partial charge >= 0.3 is 0 Å². The lowest BCUT2D eigenvalue weighted by atomic mass is 10.0. The molecular formula is C13H22N4O. The van der Waals surface area contributed by atoms with Crippen LogP contribution in [0, 0.1) is 0 Å². The fourth-order valence-electron chi connectivity index (χ4n) is 2.42. The van der Waals surface area contributed by atoms with Crippen molar-refractivity contribution in [1.29, 1.82) is 0 Å². The van der Waals surface area contributed by atoms with Gasteiger partial charge in [0.05, 0.1) is 11.8 Å². The monoisotopic (exact) mass is 250 g/mol. The second-order valence-electron chi connectivity index (χ2n) is 4.99. The van der Waals surface area contributed by atoms with Gasteiger partial charge in [0.15, 0.2) is 0 Å². The predicted octanol–water partition coefficient (Wildman–Crippen LogP) is 1.02. The molecule has 0 bridgehead atoms. The maximum absolute atomic E-state index is 12.0. The number of nitrogens with zero attached hydrogens (tertiary/aromatic N) is 3. The summed E-state index contributed by atoms with van der Waals surface area (Å²) in [6, 6.07) is 0.311. The van der Waals surface area contributed by atoms with Gasteiger partial charge < -0.3 is 10.2 Å². The van der Waals surface area contributed by atoms with Crippen molar-refractivity contribution in [2.45, 2.75) is 32.2 Å². The van der Waals surface area contributed by atoms with Crippen molar-refractivity contribution in [3.05, 3.63) is 18.0 Å². The van der Waals surface area contributed by atoms with E-state index in [4.69, 9.17) is 0 Å². The van der Waals surface area contributed by atoms with Crippen LogP contribution in [0.3, 0.4) is 0 Å². The number of carbonyl (C=O) groups is 1. The van der Waals surface area contributed by atoms with E-state index in [9.17, 15) is 4.79 Å². The van der Waals surface area contributed by atoms with E-state index in [1.54, 1.807) is 17.1 Å². The highest BCUT2D eigenvalue weighted by molar-refractivity contribution is 5.93. The molecule has 1 N–H and O–H groups in total. The second-order valence-corrected chi connectivity index (χ2v) is 4.99. The van der Waals surface area contributed by atoms with Crippen LogP contribution in [0.5, 0.6) is 0 Å². The van der Waals surface area contributed by atoms with Gasteiger partial charge in [-0.2, -0.15) is 5.10 Å². The van der Waals surface area contributed by atoms with Crippen LogP contribution in [0.1, 0.15) is 36.5 Å². The largest absolute Gasteiger partial charge is 0.349 e. The summed E-state index contributed by atoms with van der Waals surface area (Å²) in [6.07, 6.45) is 6.66. The summed E-state index contributed by atoms with van der Waals surface area (Å²) in [6.45, 7) is 5.55. The van der Waals surface area contributed by atoms with E-state index in [-0.39, 0.29) is 5.91 Å². The summed E-state index contributed by atoms with van der Waals surface area (Å²) in [5.41, 5.74) is 0.647. The highest BCUT2D eigenvalue weighted by Gasteiger charge is 2.20. The van der Waals surface area contributed by atoms with E-state index < -0.39 is 0 Å². The highest BCUT2D eigenvalue weighted by Crippen LogP contribution is 2.11.